The molecule has 0 aliphatic rings. The molecule has 0 saturated carbocycles. The predicted molar refractivity (Wildman–Crippen MR) is 68.3 cm³/mol. The van der Waals surface area contributed by atoms with E-state index in [1.165, 1.54) is 16.3 Å². The Bertz CT molecular complexity index is 449. The minimum atomic E-state index is -3.67. The molecule has 0 heterocycles. The van der Waals surface area contributed by atoms with Crippen LogP contribution >= 0.6 is 11.8 Å². The van der Waals surface area contributed by atoms with Crippen LogP contribution in [-0.2, 0) is 5.75 Å². The summed E-state index contributed by atoms with van der Waals surface area (Å²) in [5.41, 5.74) is 1.44. The van der Waals surface area contributed by atoms with E-state index in [1.807, 2.05) is 11.8 Å². The van der Waals surface area contributed by atoms with E-state index in [9.17, 15) is 13.2 Å². The summed E-state index contributed by atoms with van der Waals surface area (Å²) in [7, 11) is 0. The third-order valence-electron chi connectivity index (χ3n) is 2.18. The molecule has 0 spiro atoms. The van der Waals surface area contributed by atoms with Crippen molar-refractivity contribution in [1.29, 1.82) is 0 Å². The van der Waals surface area contributed by atoms with Crippen LogP contribution in [0.2, 0.25) is 0 Å². The van der Waals surface area contributed by atoms with Gasteiger partial charge in [0.15, 0.2) is 0 Å². The van der Waals surface area contributed by atoms with Crippen LogP contribution in [0.5, 0.6) is 0 Å². The first kappa shape index (κ1) is 13.9. The number of hydrogen-bond donors (Lipinski definition) is 0. The molecule has 0 aliphatic carbocycles. The topological polar surface area (TPSA) is 0 Å². The molecule has 0 nitrogen and oxygen atoms in total. The second-order valence-corrected chi connectivity index (χ2v) is 4.18. The number of hydrogen-bond acceptors (Lipinski definition) is 1. The van der Waals surface area contributed by atoms with Crippen LogP contribution in [0.4, 0.5) is 13.2 Å². The van der Waals surface area contributed by atoms with E-state index in [1.54, 1.807) is 0 Å². The van der Waals surface area contributed by atoms with Gasteiger partial charge in [-0.3, -0.25) is 0 Å². The molecule has 2 aromatic rings. The lowest BCUT2D eigenvalue weighted by atomic mass is 10.1. The van der Waals surface area contributed by atoms with Gasteiger partial charge in [-0.05, 0) is 22.6 Å². The van der Waals surface area contributed by atoms with Crippen molar-refractivity contribution in [1.82, 2.24) is 0 Å². The van der Waals surface area contributed by atoms with Gasteiger partial charge in [-0.2, -0.15) is 24.9 Å². The van der Waals surface area contributed by atoms with Crippen molar-refractivity contribution in [3.8, 4) is 0 Å². The highest BCUT2D eigenvalue weighted by atomic mass is 32.2. The number of alkyl halides is 3. The fraction of sp³-hybridized carbons (Fsp3) is 0.231. The van der Waals surface area contributed by atoms with Crippen molar-refractivity contribution >= 4 is 22.5 Å². The van der Waals surface area contributed by atoms with Crippen molar-refractivity contribution < 1.29 is 13.2 Å². The molecule has 0 N–H and O–H groups in total. The van der Waals surface area contributed by atoms with Crippen LogP contribution in [-0.4, -0.2) is 12.9 Å². The van der Waals surface area contributed by atoms with Crippen LogP contribution < -0.4 is 0 Å². The van der Waals surface area contributed by atoms with Crippen LogP contribution in [0, 0.1) is 0 Å². The summed E-state index contributed by atoms with van der Waals surface area (Å²) < 4.78 is 29.0. The number of benzene rings is 2. The van der Waals surface area contributed by atoms with Gasteiger partial charge in [0.25, 0.3) is 0 Å². The highest BCUT2D eigenvalue weighted by Gasteiger charge is 1.97. The Morgan fingerprint density at radius 2 is 1.59 bits per heavy atom. The van der Waals surface area contributed by atoms with Gasteiger partial charge in [-0.25, -0.2) is 0 Å². The summed E-state index contributed by atoms with van der Waals surface area (Å²) in [6.45, 7) is -3.67. The molecule has 4 heteroatoms. The minimum Gasteiger partial charge on any atom is -0.174 e. The van der Waals surface area contributed by atoms with E-state index >= 15 is 0 Å². The molecule has 2 aromatic carbocycles. The standard InChI is InChI=1S/C12H12S.CHF3/c1-13-9-11-7-4-6-10-5-2-3-8-12(10)11;2-1(3)4/h2-8H,9H2,1H3;1H. The Labute approximate surface area is 103 Å². The maximum absolute atomic E-state index is 9.67. The lowest BCUT2D eigenvalue weighted by Crippen LogP contribution is -1.82. The molecule has 0 saturated heterocycles. The molecule has 17 heavy (non-hydrogen) atoms. The Morgan fingerprint density at radius 1 is 1.00 bits per heavy atom. The van der Waals surface area contributed by atoms with E-state index in [2.05, 4.69) is 48.7 Å². The molecule has 0 bridgehead atoms. The largest absolute Gasteiger partial charge is 0.379 e. The summed E-state index contributed by atoms with van der Waals surface area (Å²) in [5.74, 6) is 1.10. The summed E-state index contributed by atoms with van der Waals surface area (Å²) in [6, 6.07) is 15.1. The summed E-state index contributed by atoms with van der Waals surface area (Å²) >= 11 is 1.87. The highest BCUT2D eigenvalue weighted by Crippen LogP contribution is 2.21. The molecule has 0 unspecified atom stereocenters. The fourth-order valence-electron chi connectivity index (χ4n) is 1.57. The van der Waals surface area contributed by atoms with Crippen molar-refractivity contribution in [3.63, 3.8) is 0 Å². The zero-order chi connectivity index (χ0) is 12.7. The predicted octanol–water partition coefficient (Wildman–Crippen LogP) is 4.88. The Balaban J connectivity index is 0.000000317. The van der Waals surface area contributed by atoms with Gasteiger partial charge >= 0.3 is 6.68 Å². The van der Waals surface area contributed by atoms with Gasteiger partial charge in [0.05, 0.1) is 0 Å². The van der Waals surface area contributed by atoms with Crippen LogP contribution in [0.25, 0.3) is 10.8 Å². The van der Waals surface area contributed by atoms with Gasteiger partial charge < -0.3 is 0 Å². The molecule has 0 fully saturated rings. The lowest BCUT2D eigenvalue weighted by molar-refractivity contribution is 0.00819. The van der Waals surface area contributed by atoms with Crippen molar-refractivity contribution in [3.05, 3.63) is 48.0 Å². The molecule has 92 valence electrons. The molecule has 0 aliphatic heterocycles. The van der Waals surface area contributed by atoms with E-state index < -0.39 is 6.68 Å². The second-order valence-electron chi connectivity index (χ2n) is 3.32. The Hall–Kier alpha value is -1.16. The second kappa shape index (κ2) is 7.22. The third-order valence-corrected chi connectivity index (χ3v) is 2.78. The molecule has 0 radical (unpaired) electrons. The fourth-order valence-corrected chi connectivity index (χ4v) is 2.14. The summed E-state index contributed by atoms with van der Waals surface area (Å²) in [5, 5.41) is 2.73. The monoisotopic (exact) mass is 258 g/mol. The van der Waals surface area contributed by atoms with E-state index in [0.717, 1.165) is 5.75 Å². The number of halogens is 3. The SMILES string of the molecule is CSCc1cccc2ccccc12.FC(F)F. The minimum absolute atomic E-state index is 1.10. The summed E-state index contributed by atoms with van der Waals surface area (Å²) in [6.07, 6.45) is 2.14. The van der Waals surface area contributed by atoms with Gasteiger partial charge in [-0.15, -0.1) is 0 Å². The number of thioether (sulfide) groups is 1. The maximum Gasteiger partial charge on any atom is 0.379 e. The van der Waals surface area contributed by atoms with Crippen molar-refractivity contribution in [2.24, 2.45) is 0 Å². The molecule has 0 aromatic heterocycles. The van der Waals surface area contributed by atoms with Crippen molar-refractivity contribution in [2.45, 2.75) is 12.4 Å². The van der Waals surface area contributed by atoms with Crippen LogP contribution in [0.3, 0.4) is 0 Å². The first-order valence-corrected chi connectivity index (χ1v) is 6.42. The third kappa shape index (κ3) is 4.69. The van der Waals surface area contributed by atoms with Crippen LogP contribution in [0.15, 0.2) is 42.5 Å². The van der Waals surface area contributed by atoms with Gasteiger partial charge in [0, 0.05) is 5.75 Å². The first-order chi connectivity index (χ1) is 8.15. The van der Waals surface area contributed by atoms with Crippen molar-refractivity contribution in [2.75, 3.05) is 6.26 Å². The zero-order valence-electron chi connectivity index (χ0n) is 9.37. The molecule has 0 amide bonds. The van der Waals surface area contributed by atoms with Gasteiger partial charge in [0.1, 0.15) is 0 Å². The van der Waals surface area contributed by atoms with Gasteiger partial charge in [0.2, 0.25) is 0 Å². The van der Waals surface area contributed by atoms with Gasteiger partial charge in [-0.1, -0.05) is 42.5 Å². The maximum atomic E-state index is 9.67. The quantitative estimate of drug-likeness (QED) is 0.739. The Morgan fingerprint density at radius 3 is 2.24 bits per heavy atom. The van der Waals surface area contributed by atoms with E-state index in [-0.39, 0.29) is 0 Å². The first-order valence-electron chi connectivity index (χ1n) is 5.03. The zero-order valence-corrected chi connectivity index (χ0v) is 10.2. The van der Waals surface area contributed by atoms with E-state index in [0.29, 0.717) is 0 Å². The molecule has 0 atom stereocenters. The smallest absolute Gasteiger partial charge is 0.174 e. The summed E-state index contributed by atoms with van der Waals surface area (Å²) in [4.78, 5) is 0. The number of rotatable bonds is 2. The lowest BCUT2D eigenvalue weighted by Gasteiger charge is -2.03. The number of fused-ring (bicyclic) bond motifs is 1. The normalized spacial score (nSPS) is 10.2. The molecular formula is C13H13F3S. The molecule has 2 rings (SSSR count). The average molecular weight is 258 g/mol. The van der Waals surface area contributed by atoms with Crippen LogP contribution in [0.1, 0.15) is 5.56 Å². The Kier molecular flexibility index (Phi) is 5.91. The average Bonchev–Trinajstić information content (AvgIpc) is 2.29. The highest BCUT2D eigenvalue weighted by molar-refractivity contribution is 7.97. The molecular weight excluding hydrogens is 245 g/mol. The van der Waals surface area contributed by atoms with E-state index in [4.69, 9.17) is 0 Å².